The summed E-state index contributed by atoms with van der Waals surface area (Å²) in [6.45, 7) is 7.57. The quantitative estimate of drug-likeness (QED) is 0.407. The fourth-order valence-electron chi connectivity index (χ4n) is 1.87. The van der Waals surface area contributed by atoms with Crippen LogP contribution in [-0.2, 0) is 9.78 Å². The van der Waals surface area contributed by atoms with E-state index in [2.05, 4.69) is 13.2 Å². The second kappa shape index (κ2) is 7.43. The van der Waals surface area contributed by atoms with E-state index in [9.17, 15) is 0 Å². The Kier molecular flexibility index (Phi) is 5.30. The molecule has 0 aliphatic rings. The molecule has 0 bridgehead atoms. The Bertz CT molecular complexity index is 482. The van der Waals surface area contributed by atoms with Crippen LogP contribution in [0.4, 0.5) is 0 Å². The lowest BCUT2D eigenvalue weighted by molar-refractivity contribution is -0.338. The van der Waals surface area contributed by atoms with E-state index in [0.29, 0.717) is 0 Å². The molecule has 0 aliphatic heterocycles. The summed E-state index contributed by atoms with van der Waals surface area (Å²) < 4.78 is 0. The lowest BCUT2D eigenvalue weighted by Gasteiger charge is -2.18. The van der Waals surface area contributed by atoms with Crippen LogP contribution in [0.15, 0.2) is 86.0 Å². The Hall–Kier alpha value is -2.16. The third-order valence-electron chi connectivity index (χ3n) is 2.95. The molecule has 0 saturated heterocycles. The molecule has 2 heteroatoms. The molecule has 2 atom stereocenters. The molecular weight excluding hydrogens is 248 g/mol. The Balaban J connectivity index is 2.02. The average molecular weight is 266 g/mol. The number of benzene rings is 2. The Morgan fingerprint density at radius 3 is 1.30 bits per heavy atom. The molecule has 0 fully saturated rings. The van der Waals surface area contributed by atoms with Gasteiger partial charge >= 0.3 is 0 Å². The van der Waals surface area contributed by atoms with Gasteiger partial charge in [-0.15, -0.1) is 13.2 Å². The van der Waals surface area contributed by atoms with Gasteiger partial charge in [0, 0.05) is 0 Å². The van der Waals surface area contributed by atoms with E-state index in [1.807, 2.05) is 60.7 Å². The summed E-state index contributed by atoms with van der Waals surface area (Å²) >= 11 is 0. The van der Waals surface area contributed by atoms with Crippen LogP contribution in [0, 0.1) is 0 Å². The summed E-state index contributed by atoms with van der Waals surface area (Å²) in [7, 11) is 0. The molecule has 2 nitrogen and oxygen atoms in total. The molecule has 0 saturated carbocycles. The Morgan fingerprint density at radius 1 is 0.650 bits per heavy atom. The predicted octanol–water partition coefficient (Wildman–Crippen LogP) is 4.79. The zero-order valence-electron chi connectivity index (χ0n) is 11.3. The van der Waals surface area contributed by atoms with Crippen molar-refractivity contribution in [2.45, 2.75) is 12.2 Å². The summed E-state index contributed by atoms with van der Waals surface area (Å²) in [5, 5.41) is 0. The summed E-state index contributed by atoms with van der Waals surface area (Å²) in [6.07, 6.45) is 2.81. The normalized spacial score (nSPS) is 13.4. The Labute approximate surface area is 119 Å². The van der Waals surface area contributed by atoms with Gasteiger partial charge in [0.2, 0.25) is 0 Å². The molecule has 2 aromatic carbocycles. The summed E-state index contributed by atoms with van der Waals surface area (Å²) in [5.74, 6) is 0. The summed E-state index contributed by atoms with van der Waals surface area (Å²) in [5.41, 5.74) is 2.00. The van der Waals surface area contributed by atoms with E-state index in [0.717, 1.165) is 11.1 Å². The van der Waals surface area contributed by atoms with E-state index >= 15 is 0 Å². The van der Waals surface area contributed by atoms with Crippen molar-refractivity contribution in [3.8, 4) is 0 Å². The van der Waals surface area contributed by atoms with Gasteiger partial charge in [-0.2, -0.15) is 0 Å². The van der Waals surface area contributed by atoms with Crippen molar-refractivity contribution in [3.63, 3.8) is 0 Å². The molecule has 0 aliphatic carbocycles. The zero-order chi connectivity index (χ0) is 14.2. The topological polar surface area (TPSA) is 18.5 Å². The minimum Gasteiger partial charge on any atom is -0.223 e. The molecule has 0 heterocycles. The maximum absolute atomic E-state index is 5.50. The van der Waals surface area contributed by atoms with Crippen LogP contribution < -0.4 is 0 Å². The van der Waals surface area contributed by atoms with Gasteiger partial charge in [0.15, 0.2) is 0 Å². The van der Waals surface area contributed by atoms with E-state index in [1.54, 1.807) is 12.2 Å². The maximum Gasteiger partial charge on any atom is 0.136 e. The van der Waals surface area contributed by atoms with Crippen molar-refractivity contribution < 1.29 is 9.78 Å². The lowest BCUT2D eigenvalue weighted by Crippen LogP contribution is -2.06. The van der Waals surface area contributed by atoms with Crippen molar-refractivity contribution in [3.05, 3.63) is 97.1 Å². The highest BCUT2D eigenvalue weighted by atomic mass is 17.2. The first-order chi connectivity index (χ1) is 9.85. The maximum atomic E-state index is 5.50. The second-order valence-corrected chi connectivity index (χ2v) is 4.33. The number of rotatable bonds is 7. The molecule has 0 radical (unpaired) electrons. The van der Waals surface area contributed by atoms with Crippen LogP contribution in [-0.4, -0.2) is 0 Å². The lowest BCUT2D eigenvalue weighted by atomic mass is 10.1. The summed E-state index contributed by atoms with van der Waals surface area (Å²) in [4.78, 5) is 11.0. The fourth-order valence-corrected chi connectivity index (χ4v) is 1.87. The van der Waals surface area contributed by atoms with Crippen molar-refractivity contribution in [2.24, 2.45) is 0 Å². The zero-order valence-corrected chi connectivity index (χ0v) is 11.3. The van der Waals surface area contributed by atoms with Crippen LogP contribution >= 0.6 is 0 Å². The molecule has 0 spiro atoms. The van der Waals surface area contributed by atoms with E-state index in [-0.39, 0.29) is 12.2 Å². The van der Waals surface area contributed by atoms with Gasteiger partial charge in [-0.05, 0) is 11.1 Å². The molecule has 2 aromatic rings. The van der Waals surface area contributed by atoms with Gasteiger partial charge in [-0.1, -0.05) is 72.8 Å². The molecule has 0 aromatic heterocycles. The first-order valence-electron chi connectivity index (χ1n) is 6.52. The summed E-state index contributed by atoms with van der Waals surface area (Å²) in [6, 6.07) is 19.6. The van der Waals surface area contributed by atoms with Crippen molar-refractivity contribution in [2.75, 3.05) is 0 Å². The minimum atomic E-state index is -0.303. The number of hydrogen-bond acceptors (Lipinski definition) is 2. The highest BCUT2D eigenvalue weighted by Crippen LogP contribution is 2.24. The smallest absolute Gasteiger partial charge is 0.136 e. The van der Waals surface area contributed by atoms with Gasteiger partial charge in [0.1, 0.15) is 12.2 Å². The molecule has 2 rings (SSSR count). The highest BCUT2D eigenvalue weighted by Gasteiger charge is 2.13. The van der Waals surface area contributed by atoms with E-state index in [1.165, 1.54) is 0 Å². The van der Waals surface area contributed by atoms with E-state index in [4.69, 9.17) is 9.78 Å². The van der Waals surface area contributed by atoms with Gasteiger partial charge in [0.05, 0.1) is 0 Å². The largest absolute Gasteiger partial charge is 0.223 e. The minimum absolute atomic E-state index is 0.303. The second-order valence-electron chi connectivity index (χ2n) is 4.33. The average Bonchev–Trinajstić information content (AvgIpc) is 2.53. The third-order valence-corrected chi connectivity index (χ3v) is 2.95. The van der Waals surface area contributed by atoms with Gasteiger partial charge in [0.25, 0.3) is 0 Å². The Morgan fingerprint density at radius 2 is 1.00 bits per heavy atom. The van der Waals surface area contributed by atoms with Crippen LogP contribution in [0.1, 0.15) is 23.3 Å². The van der Waals surface area contributed by atoms with Gasteiger partial charge < -0.3 is 0 Å². The molecule has 102 valence electrons. The fraction of sp³-hybridized carbons (Fsp3) is 0.111. The van der Waals surface area contributed by atoms with Crippen molar-refractivity contribution in [1.29, 1.82) is 0 Å². The van der Waals surface area contributed by atoms with Crippen LogP contribution in [0.5, 0.6) is 0 Å². The van der Waals surface area contributed by atoms with Gasteiger partial charge in [-0.3, -0.25) is 0 Å². The molecule has 20 heavy (non-hydrogen) atoms. The van der Waals surface area contributed by atoms with Crippen molar-refractivity contribution >= 4 is 0 Å². The molecular formula is C18H18O2. The standard InChI is InChI=1S/C18H18O2/c1-3-17(15-11-7-5-8-12-15)19-20-18(4-2)16-13-9-6-10-14-16/h3-14,17-18H,1-2H2. The highest BCUT2D eigenvalue weighted by molar-refractivity contribution is 5.21. The van der Waals surface area contributed by atoms with Crippen LogP contribution in [0.3, 0.4) is 0 Å². The first-order valence-corrected chi connectivity index (χ1v) is 6.52. The van der Waals surface area contributed by atoms with Crippen molar-refractivity contribution in [1.82, 2.24) is 0 Å². The SMILES string of the molecule is C=CC(OOC(C=C)c1ccccc1)c1ccccc1. The van der Waals surface area contributed by atoms with Gasteiger partial charge in [-0.25, -0.2) is 9.78 Å². The monoisotopic (exact) mass is 266 g/mol. The predicted molar refractivity (Wildman–Crippen MR) is 80.9 cm³/mol. The first kappa shape index (κ1) is 14.3. The molecule has 0 N–H and O–H groups in total. The third kappa shape index (κ3) is 3.67. The molecule has 2 unspecified atom stereocenters. The molecule has 0 amide bonds. The van der Waals surface area contributed by atoms with E-state index < -0.39 is 0 Å². The van der Waals surface area contributed by atoms with Crippen LogP contribution in [0.2, 0.25) is 0 Å². The van der Waals surface area contributed by atoms with Crippen LogP contribution in [0.25, 0.3) is 0 Å². The number of hydrogen-bond donors (Lipinski definition) is 0.